The average Bonchev–Trinajstić information content (AvgIpc) is 2.94. The highest BCUT2D eigenvalue weighted by Gasteiger charge is 2.14. The summed E-state index contributed by atoms with van der Waals surface area (Å²) in [6.07, 6.45) is 1.51. The Morgan fingerprint density at radius 1 is 1.19 bits per heavy atom. The second-order valence-corrected chi connectivity index (χ2v) is 6.31. The van der Waals surface area contributed by atoms with Gasteiger partial charge in [0.25, 0.3) is 5.56 Å². The molecule has 0 saturated heterocycles. The molecule has 0 amide bonds. The van der Waals surface area contributed by atoms with E-state index in [-0.39, 0.29) is 5.56 Å². The fraction of sp³-hybridized carbons (Fsp3) is 0.158. The second kappa shape index (κ2) is 8.25. The molecule has 0 aliphatic heterocycles. The molecule has 0 radical (unpaired) electrons. The van der Waals surface area contributed by atoms with Crippen LogP contribution in [0.2, 0.25) is 10.0 Å². The van der Waals surface area contributed by atoms with Crippen LogP contribution in [-0.4, -0.2) is 22.6 Å². The van der Waals surface area contributed by atoms with Crippen LogP contribution in [0.25, 0.3) is 5.69 Å². The summed E-state index contributed by atoms with van der Waals surface area (Å²) in [5.74, 6) is 0.382. The van der Waals surface area contributed by atoms with Crippen LogP contribution in [0.3, 0.4) is 0 Å². The second-order valence-electron chi connectivity index (χ2n) is 5.47. The van der Waals surface area contributed by atoms with Crippen LogP contribution in [0, 0.1) is 0 Å². The number of aromatic nitrogens is 2. The Kier molecular flexibility index (Phi) is 5.81. The molecule has 134 valence electrons. The Morgan fingerprint density at radius 2 is 1.96 bits per heavy atom. The number of benzene rings is 2. The van der Waals surface area contributed by atoms with Crippen molar-refractivity contribution in [2.45, 2.75) is 13.5 Å². The van der Waals surface area contributed by atoms with Gasteiger partial charge < -0.3 is 4.74 Å². The van der Waals surface area contributed by atoms with Gasteiger partial charge in [-0.05, 0) is 36.8 Å². The molecule has 5 nitrogen and oxygen atoms in total. The maximum Gasteiger partial charge on any atom is 0.284 e. The lowest BCUT2D eigenvalue weighted by Crippen LogP contribution is -2.17. The van der Waals surface area contributed by atoms with Gasteiger partial charge in [0.15, 0.2) is 0 Å². The van der Waals surface area contributed by atoms with E-state index in [1.54, 1.807) is 12.1 Å². The molecule has 0 atom stereocenters. The summed E-state index contributed by atoms with van der Waals surface area (Å²) < 4.78 is 6.98. The summed E-state index contributed by atoms with van der Waals surface area (Å²) >= 11 is 12.0. The molecule has 3 aromatic rings. The van der Waals surface area contributed by atoms with Crippen molar-refractivity contribution in [2.75, 3.05) is 6.61 Å². The van der Waals surface area contributed by atoms with Crippen LogP contribution in [-0.2, 0) is 6.54 Å². The molecule has 0 saturated carbocycles. The van der Waals surface area contributed by atoms with Gasteiger partial charge >= 0.3 is 0 Å². The first-order valence-electron chi connectivity index (χ1n) is 8.07. The quantitative estimate of drug-likeness (QED) is 0.631. The van der Waals surface area contributed by atoms with Crippen LogP contribution in [0.1, 0.15) is 18.1 Å². The maximum absolute atomic E-state index is 12.7. The summed E-state index contributed by atoms with van der Waals surface area (Å²) in [4.78, 5) is 17.1. The van der Waals surface area contributed by atoms with Crippen LogP contribution in [0.15, 0.2) is 58.3 Å². The van der Waals surface area contributed by atoms with Crippen molar-refractivity contribution in [3.63, 3.8) is 0 Å². The largest absolute Gasteiger partial charge is 0.478 e. The van der Waals surface area contributed by atoms with Crippen LogP contribution >= 0.6 is 23.2 Å². The van der Waals surface area contributed by atoms with Gasteiger partial charge in [-0.1, -0.05) is 47.5 Å². The van der Waals surface area contributed by atoms with Gasteiger partial charge in [-0.25, -0.2) is 4.68 Å². The number of rotatable bonds is 6. The molecule has 0 unspecified atom stereocenters. The molecule has 1 heterocycles. The number of halogens is 2. The first-order valence-corrected chi connectivity index (χ1v) is 8.82. The molecule has 7 heteroatoms. The highest BCUT2D eigenvalue weighted by molar-refractivity contribution is 6.35. The SMILES string of the molecule is CCOc1[nH]n(-c2ccccc2)c(=O)c1C=NCc1ccc(Cl)cc1Cl. The van der Waals surface area contributed by atoms with Gasteiger partial charge in [0.2, 0.25) is 5.88 Å². The topological polar surface area (TPSA) is 59.4 Å². The van der Waals surface area contributed by atoms with Crippen LogP contribution in [0.4, 0.5) is 0 Å². The third-order valence-electron chi connectivity index (χ3n) is 3.69. The number of hydrogen-bond acceptors (Lipinski definition) is 3. The Bertz CT molecular complexity index is 978. The number of nitrogens with one attached hydrogen (secondary N) is 1. The fourth-order valence-corrected chi connectivity index (χ4v) is 2.91. The van der Waals surface area contributed by atoms with Gasteiger partial charge in [0.05, 0.1) is 18.8 Å². The third kappa shape index (κ3) is 4.00. The standard InChI is InChI=1S/C19H17Cl2N3O2/c1-2-26-18-16(12-22-11-13-8-9-14(20)10-17(13)21)19(25)24(23-18)15-6-4-3-5-7-15/h3-10,12,23H,2,11H2,1H3. The average molecular weight is 390 g/mol. The van der Waals surface area contributed by atoms with Crippen molar-refractivity contribution in [1.29, 1.82) is 0 Å². The number of aliphatic imine (C=N–C) groups is 1. The van der Waals surface area contributed by atoms with Crippen molar-refractivity contribution in [3.8, 4) is 11.6 Å². The van der Waals surface area contributed by atoms with Crippen molar-refractivity contribution in [1.82, 2.24) is 9.78 Å². The van der Waals surface area contributed by atoms with Gasteiger partial charge in [-0.3, -0.25) is 14.9 Å². The zero-order valence-electron chi connectivity index (χ0n) is 14.1. The summed E-state index contributed by atoms with van der Waals surface area (Å²) in [5, 5.41) is 4.09. The normalized spacial score (nSPS) is 11.2. The molecule has 3 rings (SSSR count). The van der Waals surface area contributed by atoms with E-state index < -0.39 is 0 Å². The summed E-state index contributed by atoms with van der Waals surface area (Å²) in [7, 11) is 0. The lowest BCUT2D eigenvalue weighted by Gasteiger charge is -2.02. The Balaban J connectivity index is 1.91. The van der Waals surface area contributed by atoms with E-state index in [4.69, 9.17) is 27.9 Å². The Labute approximate surface area is 160 Å². The first-order chi connectivity index (χ1) is 12.6. The molecule has 0 aliphatic rings. The van der Waals surface area contributed by atoms with E-state index in [1.807, 2.05) is 43.3 Å². The van der Waals surface area contributed by atoms with Crippen LogP contribution < -0.4 is 10.3 Å². The van der Waals surface area contributed by atoms with Gasteiger partial charge in [-0.15, -0.1) is 0 Å². The molecule has 0 fully saturated rings. The van der Waals surface area contributed by atoms with Crippen molar-refractivity contribution < 1.29 is 4.74 Å². The first kappa shape index (κ1) is 18.3. The minimum Gasteiger partial charge on any atom is -0.478 e. The number of ether oxygens (including phenoxy) is 1. The Hall–Kier alpha value is -2.50. The molecule has 0 spiro atoms. The van der Waals surface area contributed by atoms with Crippen molar-refractivity contribution in [2.24, 2.45) is 4.99 Å². The third-order valence-corrected chi connectivity index (χ3v) is 4.28. The van der Waals surface area contributed by atoms with E-state index in [0.29, 0.717) is 34.6 Å². The van der Waals surface area contributed by atoms with Gasteiger partial charge in [-0.2, -0.15) is 0 Å². The zero-order valence-corrected chi connectivity index (χ0v) is 15.6. The molecule has 1 aromatic heterocycles. The molecule has 2 aromatic carbocycles. The number of nitrogens with zero attached hydrogens (tertiary/aromatic N) is 2. The van der Waals surface area contributed by atoms with Crippen LogP contribution in [0.5, 0.6) is 5.88 Å². The summed E-state index contributed by atoms with van der Waals surface area (Å²) in [5.41, 5.74) is 1.68. The van der Waals surface area contributed by atoms with Crippen molar-refractivity contribution in [3.05, 3.63) is 80.1 Å². The lowest BCUT2D eigenvalue weighted by atomic mass is 10.2. The Morgan fingerprint density at radius 3 is 2.65 bits per heavy atom. The summed E-state index contributed by atoms with van der Waals surface area (Å²) in [6, 6.07) is 14.5. The monoisotopic (exact) mass is 389 g/mol. The number of H-pyrrole nitrogens is 1. The van der Waals surface area contributed by atoms with Crippen molar-refractivity contribution >= 4 is 29.4 Å². The smallest absolute Gasteiger partial charge is 0.284 e. The van der Waals surface area contributed by atoms with E-state index in [9.17, 15) is 4.79 Å². The minimum absolute atomic E-state index is 0.231. The van der Waals surface area contributed by atoms with E-state index in [1.165, 1.54) is 10.9 Å². The maximum atomic E-state index is 12.7. The zero-order chi connectivity index (χ0) is 18.5. The van der Waals surface area contributed by atoms with E-state index in [0.717, 1.165) is 11.3 Å². The van der Waals surface area contributed by atoms with E-state index >= 15 is 0 Å². The predicted molar refractivity (Wildman–Crippen MR) is 105 cm³/mol. The molecule has 26 heavy (non-hydrogen) atoms. The van der Waals surface area contributed by atoms with E-state index in [2.05, 4.69) is 10.1 Å². The molecule has 1 N–H and O–H groups in total. The van der Waals surface area contributed by atoms with Gasteiger partial charge in [0, 0.05) is 16.3 Å². The molecular weight excluding hydrogens is 373 g/mol. The van der Waals surface area contributed by atoms with Gasteiger partial charge in [0.1, 0.15) is 5.56 Å². The fourth-order valence-electron chi connectivity index (χ4n) is 2.44. The lowest BCUT2D eigenvalue weighted by molar-refractivity contribution is 0.324. The summed E-state index contributed by atoms with van der Waals surface area (Å²) in [6.45, 7) is 2.61. The number of hydrogen-bond donors (Lipinski definition) is 1. The highest BCUT2D eigenvalue weighted by Crippen LogP contribution is 2.21. The molecule has 0 aliphatic carbocycles. The molecule has 0 bridgehead atoms. The number of para-hydroxylation sites is 1. The minimum atomic E-state index is -0.231. The predicted octanol–water partition coefficient (Wildman–Crippen LogP) is 4.49. The highest BCUT2D eigenvalue weighted by atomic mass is 35.5. The number of aromatic amines is 1. The molecular formula is C19H17Cl2N3O2.